The Morgan fingerprint density at radius 1 is 1.60 bits per heavy atom. The van der Waals surface area contributed by atoms with Gasteiger partial charge >= 0.3 is 5.00 Å². The molecule has 1 aromatic heterocycles. The molecule has 0 aliphatic carbocycles. The smallest absolute Gasteiger partial charge is 0.324 e. The van der Waals surface area contributed by atoms with Gasteiger partial charge in [-0.25, -0.2) is 0 Å². The predicted molar refractivity (Wildman–Crippen MR) is 77.0 cm³/mol. The molecule has 3 heterocycles. The van der Waals surface area contributed by atoms with Gasteiger partial charge in [-0.2, -0.15) is 0 Å². The molecule has 0 aromatic carbocycles. The fourth-order valence-electron chi connectivity index (χ4n) is 2.94. The van der Waals surface area contributed by atoms with Gasteiger partial charge in [0.25, 0.3) is 0 Å². The summed E-state index contributed by atoms with van der Waals surface area (Å²) < 4.78 is 5.86. The van der Waals surface area contributed by atoms with Crippen LogP contribution in [0.2, 0.25) is 0 Å². The second kappa shape index (κ2) is 6.17. The van der Waals surface area contributed by atoms with Crippen LogP contribution in [0.4, 0.5) is 5.00 Å². The lowest BCUT2D eigenvalue weighted by molar-refractivity contribution is -0.380. The molecule has 2 fully saturated rings. The number of fused-ring (bicyclic) bond motifs is 1. The van der Waals surface area contributed by atoms with Crippen LogP contribution in [0.5, 0.6) is 0 Å². The Labute approximate surface area is 121 Å². The van der Waals surface area contributed by atoms with Crippen molar-refractivity contribution in [2.24, 2.45) is 0 Å². The summed E-state index contributed by atoms with van der Waals surface area (Å²) in [6, 6.07) is 2.27. The van der Waals surface area contributed by atoms with Gasteiger partial charge in [0.05, 0.1) is 17.6 Å². The Morgan fingerprint density at radius 3 is 3.30 bits per heavy atom. The van der Waals surface area contributed by atoms with Crippen molar-refractivity contribution in [1.29, 1.82) is 0 Å². The minimum atomic E-state index is -0.341. The predicted octanol–water partition coefficient (Wildman–Crippen LogP) is 1.61. The van der Waals surface area contributed by atoms with Gasteiger partial charge in [-0.15, -0.1) is 0 Å². The van der Waals surface area contributed by atoms with E-state index in [1.807, 2.05) is 5.38 Å². The molecule has 20 heavy (non-hydrogen) atoms. The van der Waals surface area contributed by atoms with E-state index in [2.05, 4.69) is 10.2 Å². The van der Waals surface area contributed by atoms with E-state index in [4.69, 9.17) is 4.74 Å². The highest BCUT2D eigenvalue weighted by molar-refractivity contribution is 7.13. The molecular weight excluding hydrogens is 278 g/mol. The van der Waals surface area contributed by atoms with Crippen molar-refractivity contribution in [3.05, 3.63) is 27.1 Å². The molecule has 110 valence electrons. The lowest BCUT2D eigenvalue weighted by Crippen LogP contribution is -2.49. The van der Waals surface area contributed by atoms with Crippen molar-refractivity contribution in [2.75, 3.05) is 26.2 Å². The molecule has 0 radical (unpaired) electrons. The van der Waals surface area contributed by atoms with Crippen LogP contribution in [-0.2, 0) is 11.3 Å². The highest BCUT2D eigenvalue weighted by Gasteiger charge is 2.31. The number of nitrogens with zero attached hydrogens (tertiary/aromatic N) is 2. The molecule has 2 unspecified atom stereocenters. The number of nitrogens with one attached hydrogen (secondary N) is 1. The van der Waals surface area contributed by atoms with E-state index in [0.29, 0.717) is 12.6 Å². The number of thiophene rings is 1. The summed E-state index contributed by atoms with van der Waals surface area (Å²) in [5.74, 6) is 0. The molecule has 2 atom stereocenters. The zero-order chi connectivity index (χ0) is 13.9. The van der Waals surface area contributed by atoms with Crippen molar-refractivity contribution in [1.82, 2.24) is 10.2 Å². The molecule has 1 aromatic rings. The van der Waals surface area contributed by atoms with Crippen LogP contribution in [0.25, 0.3) is 0 Å². The Balaban J connectivity index is 1.42. The SMILES string of the molecule is O=[N+]([O-])c1cc(CNCC2CN3CCCC3CO2)cs1. The summed E-state index contributed by atoms with van der Waals surface area (Å²) in [5.41, 5.74) is 0.969. The van der Waals surface area contributed by atoms with E-state index >= 15 is 0 Å². The summed E-state index contributed by atoms with van der Waals surface area (Å²) in [6.45, 7) is 4.50. The summed E-state index contributed by atoms with van der Waals surface area (Å²) in [7, 11) is 0. The fraction of sp³-hybridized carbons (Fsp3) is 0.692. The Hall–Kier alpha value is -1.02. The Kier molecular flexibility index (Phi) is 4.30. The third-order valence-electron chi connectivity index (χ3n) is 3.98. The zero-order valence-corrected chi connectivity index (χ0v) is 12.1. The van der Waals surface area contributed by atoms with Crippen molar-refractivity contribution < 1.29 is 9.66 Å². The minimum Gasteiger partial charge on any atom is -0.374 e. The second-order valence-corrected chi connectivity index (χ2v) is 6.32. The largest absolute Gasteiger partial charge is 0.374 e. The minimum absolute atomic E-state index is 0.204. The third kappa shape index (κ3) is 3.17. The first-order valence-corrected chi connectivity index (χ1v) is 7.88. The molecular formula is C13H19N3O3S. The molecule has 2 saturated heterocycles. The highest BCUT2D eigenvalue weighted by atomic mass is 32.1. The van der Waals surface area contributed by atoms with E-state index in [1.54, 1.807) is 6.07 Å². The lowest BCUT2D eigenvalue weighted by Gasteiger charge is -2.35. The average Bonchev–Trinajstić information content (AvgIpc) is 3.06. The normalized spacial score (nSPS) is 26.6. The zero-order valence-electron chi connectivity index (χ0n) is 11.3. The topological polar surface area (TPSA) is 67.6 Å². The highest BCUT2D eigenvalue weighted by Crippen LogP contribution is 2.23. The van der Waals surface area contributed by atoms with Gasteiger partial charge in [-0.3, -0.25) is 15.0 Å². The van der Waals surface area contributed by atoms with Crippen LogP contribution in [-0.4, -0.2) is 48.2 Å². The van der Waals surface area contributed by atoms with Crippen LogP contribution in [0, 0.1) is 10.1 Å². The number of morpholine rings is 1. The Bertz CT molecular complexity index is 479. The van der Waals surface area contributed by atoms with Gasteiger partial charge in [0.2, 0.25) is 0 Å². The van der Waals surface area contributed by atoms with Crippen LogP contribution >= 0.6 is 11.3 Å². The molecule has 3 rings (SSSR count). The maximum atomic E-state index is 10.6. The molecule has 1 N–H and O–H groups in total. The molecule has 0 amide bonds. The van der Waals surface area contributed by atoms with Crippen molar-refractivity contribution in [2.45, 2.75) is 31.5 Å². The first-order chi connectivity index (χ1) is 9.72. The number of nitro groups is 1. The van der Waals surface area contributed by atoms with Gasteiger partial charge in [-0.1, -0.05) is 11.3 Å². The van der Waals surface area contributed by atoms with Crippen molar-refractivity contribution in [3.8, 4) is 0 Å². The van der Waals surface area contributed by atoms with E-state index in [9.17, 15) is 10.1 Å². The molecule has 7 heteroatoms. The Morgan fingerprint density at radius 2 is 2.50 bits per heavy atom. The van der Waals surface area contributed by atoms with Crippen LogP contribution in [0.15, 0.2) is 11.4 Å². The van der Waals surface area contributed by atoms with Crippen LogP contribution in [0.3, 0.4) is 0 Å². The lowest BCUT2D eigenvalue weighted by atomic mass is 10.2. The van der Waals surface area contributed by atoms with E-state index in [1.165, 1.54) is 30.7 Å². The molecule has 2 aliphatic heterocycles. The van der Waals surface area contributed by atoms with Crippen LogP contribution < -0.4 is 5.32 Å². The molecule has 0 bridgehead atoms. The molecule has 6 nitrogen and oxygen atoms in total. The quantitative estimate of drug-likeness (QED) is 0.660. The first kappa shape index (κ1) is 13.9. The van der Waals surface area contributed by atoms with Gasteiger partial charge in [0, 0.05) is 37.1 Å². The van der Waals surface area contributed by atoms with E-state index in [-0.39, 0.29) is 16.0 Å². The number of ether oxygens (including phenoxy) is 1. The van der Waals surface area contributed by atoms with Crippen molar-refractivity contribution >= 4 is 16.3 Å². The monoisotopic (exact) mass is 297 g/mol. The number of hydrogen-bond donors (Lipinski definition) is 1. The van der Waals surface area contributed by atoms with Gasteiger partial charge in [0.15, 0.2) is 0 Å². The summed E-state index contributed by atoms with van der Waals surface area (Å²) >= 11 is 1.18. The average molecular weight is 297 g/mol. The number of rotatable bonds is 5. The van der Waals surface area contributed by atoms with E-state index < -0.39 is 0 Å². The summed E-state index contributed by atoms with van der Waals surface area (Å²) in [4.78, 5) is 12.8. The maximum absolute atomic E-state index is 10.6. The molecule has 2 aliphatic rings. The summed E-state index contributed by atoms with van der Waals surface area (Å²) in [5, 5.41) is 16.0. The molecule has 0 saturated carbocycles. The second-order valence-electron chi connectivity index (χ2n) is 5.43. The van der Waals surface area contributed by atoms with Crippen LogP contribution in [0.1, 0.15) is 18.4 Å². The number of hydrogen-bond acceptors (Lipinski definition) is 6. The first-order valence-electron chi connectivity index (χ1n) is 7.00. The van der Waals surface area contributed by atoms with E-state index in [0.717, 1.165) is 25.3 Å². The van der Waals surface area contributed by atoms with Gasteiger partial charge in [-0.05, 0) is 24.9 Å². The fourth-order valence-corrected chi connectivity index (χ4v) is 3.67. The summed E-state index contributed by atoms with van der Waals surface area (Å²) in [6.07, 6.45) is 2.78. The van der Waals surface area contributed by atoms with Gasteiger partial charge in [0.1, 0.15) is 0 Å². The standard InChI is InChI=1S/C13H19N3O3S/c17-16(18)13-4-10(9-20-13)5-14-6-12-7-15-3-1-2-11(15)8-19-12/h4,9,11-12,14H,1-3,5-8H2. The third-order valence-corrected chi connectivity index (χ3v) is 4.91. The molecule has 0 spiro atoms. The van der Waals surface area contributed by atoms with Crippen molar-refractivity contribution in [3.63, 3.8) is 0 Å². The maximum Gasteiger partial charge on any atom is 0.324 e. The van der Waals surface area contributed by atoms with Gasteiger partial charge < -0.3 is 10.1 Å².